The lowest BCUT2D eigenvalue weighted by Crippen LogP contribution is -2.30. The first kappa shape index (κ1) is 9.60. The van der Waals surface area contributed by atoms with Crippen LogP contribution in [0.25, 0.3) is 0 Å². The molecule has 3 nitrogen and oxygen atoms in total. The first-order chi connectivity index (χ1) is 6.77. The summed E-state index contributed by atoms with van der Waals surface area (Å²) in [7, 11) is 0. The van der Waals surface area contributed by atoms with E-state index in [2.05, 4.69) is 23.2 Å². The lowest BCUT2D eigenvalue weighted by molar-refractivity contribution is 0.285. The Balaban J connectivity index is 2.31. The van der Waals surface area contributed by atoms with Gasteiger partial charge in [0.15, 0.2) is 0 Å². The van der Waals surface area contributed by atoms with Crippen molar-refractivity contribution in [3.8, 4) is 6.07 Å². The zero-order chi connectivity index (χ0) is 10.0. The van der Waals surface area contributed by atoms with Gasteiger partial charge in [-0.3, -0.25) is 0 Å². The standard InChI is InChI=1S/C10H13N3S/c1-8-3-2-4-10(5-8,6-11)9-13-12-7-14-9/h7-8H,2-5H2,1H3. The highest BCUT2D eigenvalue weighted by atomic mass is 32.1. The van der Waals surface area contributed by atoms with Crippen molar-refractivity contribution in [3.05, 3.63) is 10.5 Å². The van der Waals surface area contributed by atoms with E-state index in [1.54, 1.807) is 5.51 Å². The summed E-state index contributed by atoms with van der Waals surface area (Å²) >= 11 is 1.51. The van der Waals surface area contributed by atoms with Gasteiger partial charge in [0.2, 0.25) is 0 Å². The molecule has 0 saturated heterocycles. The Morgan fingerprint density at radius 1 is 1.71 bits per heavy atom. The molecular formula is C10H13N3S. The zero-order valence-electron chi connectivity index (χ0n) is 8.23. The molecule has 1 aliphatic carbocycles. The molecule has 0 bridgehead atoms. The number of nitrogens with zero attached hydrogens (tertiary/aromatic N) is 3. The van der Waals surface area contributed by atoms with E-state index >= 15 is 0 Å². The Kier molecular flexibility index (Phi) is 2.51. The minimum absolute atomic E-state index is 0.334. The molecule has 0 N–H and O–H groups in total. The van der Waals surface area contributed by atoms with E-state index in [0.717, 1.165) is 24.3 Å². The maximum absolute atomic E-state index is 9.32. The van der Waals surface area contributed by atoms with E-state index in [4.69, 9.17) is 0 Å². The van der Waals surface area contributed by atoms with Crippen LogP contribution in [0.1, 0.15) is 37.6 Å². The second-order valence-electron chi connectivity index (χ2n) is 4.14. The third-order valence-corrected chi connectivity index (χ3v) is 3.88. The molecule has 2 unspecified atom stereocenters. The third kappa shape index (κ3) is 1.53. The summed E-state index contributed by atoms with van der Waals surface area (Å²) in [5.41, 5.74) is 1.38. The molecule has 1 fully saturated rings. The summed E-state index contributed by atoms with van der Waals surface area (Å²) in [5.74, 6) is 0.632. The van der Waals surface area contributed by atoms with Gasteiger partial charge < -0.3 is 0 Å². The molecule has 1 heterocycles. The lowest BCUT2D eigenvalue weighted by Gasteiger charge is -2.32. The highest BCUT2D eigenvalue weighted by molar-refractivity contribution is 7.09. The number of nitriles is 1. The largest absolute Gasteiger partial charge is 0.197 e. The van der Waals surface area contributed by atoms with Crippen LogP contribution in [0.15, 0.2) is 5.51 Å². The van der Waals surface area contributed by atoms with Crippen LogP contribution in [0.3, 0.4) is 0 Å². The van der Waals surface area contributed by atoms with Gasteiger partial charge in [-0.25, -0.2) is 0 Å². The molecule has 0 spiro atoms. The van der Waals surface area contributed by atoms with Gasteiger partial charge in [-0.1, -0.05) is 19.8 Å². The quantitative estimate of drug-likeness (QED) is 0.711. The van der Waals surface area contributed by atoms with Crippen molar-refractivity contribution < 1.29 is 0 Å². The first-order valence-electron chi connectivity index (χ1n) is 4.95. The summed E-state index contributed by atoms with van der Waals surface area (Å²) in [6, 6.07) is 2.46. The van der Waals surface area contributed by atoms with E-state index in [1.807, 2.05) is 0 Å². The van der Waals surface area contributed by atoms with Gasteiger partial charge in [-0.2, -0.15) is 5.26 Å². The lowest BCUT2D eigenvalue weighted by atomic mass is 9.71. The van der Waals surface area contributed by atoms with E-state index < -0.39 is 0 Å². The Labute approximate surface area is 87.8 Å². The van der Waals surface area contributed by atoms with Gasteiger partial charge in [0.05, 0.1) is 6.07 Å². The Hall–Kier alpha value is -0.950. The summed E-state index contributed by atoms with van der Waals surface area (Å²) in [5, 5.41) is 18.1. The van der Waals surface area contributed by atoms with Crippen molar-refractivity contribution in [2.75, 3.05) is 0 Å². The van der Waals surface area contributed by atoms with Crippen LogP contribution in [0.5, 0.6) is 0 Å². The zero-order valence-corrected chi connectivity index (χ0v) is 9.05. The van der Waals surface area contributed by atoms with Gasteiger partial charge in [-0.05, 0) is 18.8 Å². The van der Waals surface area contributed by atoms with Crippen LogP contribution >= 0.6 is 11.3 Å². The smallest absolute Gasteiger partial charge is 0.137 e. The van der Waals surface area contributed by atoms with Crippen molar-refractivity contribution in [2.24, 2.45) is 5.92 Å². The van der Waals surface area contributed by atoms with Gasteiger partial charge in [-0.15, -0.1) is 21.5 Å². The van der Waals surface area contributed by atoms with Gasteiger partial charge >= 0.3 is 0 Å². The van der Waals surface area contributed by atoms with E-state index in [1.165, 1.54) is 17.8 Å². The fourth-order valence-electron chi connectivity index (χ4n) is 2.28. The molecule has 1 aliphatic rings. The normalized spacial score (nSPS) is 32.4. The fraction of sp³-hybridized carbons (Fsp3) is 0.700. The topological polar surface area (TPSA) is 49.6 Å². The maximum Gasteiger partial charge on any atom is 0.137 e. The number of hydrogen-bond donors (Lipinski definition) is 0. The number of aromatic nitrogens is 2. The minimum atomic E-state index is -0.334. The van der Waals surface area contributed by atoms with Crippen LogP contribution in [-0.4, -0.2) is 10.2 Å². The molecule has 1 aromatic heterocycles. The van der Waals surface area contributed by atoms with Crippen LogP contribution in [0.2, 0.25) is 0 Å². The minimum Gasteiger partial charge on any atom is -0.197 e. The molecular weight excluding hydrogens is 194 g/mol. The van der Waals surface area contributed by atoms with Crippen molar-refractivity contribution in [3.63, 3.8) is 0 Å². The van der Waals surface area contributed by atoms with Gasteiger partial charge in [0, 0.05) is 0 Å². The molecule has 1 saturated carbocycles. The van der Waals surface area contributed by atoms with Crippen molar-refractivity contribution in [2.45, 2.75) is 38.0 Å². The van der Waals surface area contributed by atoms with E-state index in [9.17, 15) is 5.26 Å². The summed E-state index contributed by atoms with van der Waals surface area (Å²) in [6.45, 7) is 2.21. The van der Waals surface area contributed by atoms with Crippen molar-refractivity contribution in [1.29, 1.82) is 5.26 Å². The Morgan fingerprint density at radius 3 is 3.14 bits per heavy atom. The molecule has 0 amide bonds. The second-order valence-corrected chi connectivity index (χ2v) is 4.97. The predicted octanol–water partition coefficient (Wildman–Crippen LogP) is 2.51. The SMILES string of the molecule is CC1CCCC(C#N)(c2nncs2)C1. The van der Waals surface area contributed by atoms with Gasteiger partial charge in [0.1, 0.15) is 15.9 Å². The predicted molar refractivity (Wildman–Crippen MR) is 54.8 cm³/mol. The summed E-state index contributed by atoms with van der Waals surface area (Å²) in [4.78, 5) is 0. The first-order valence-corrected chi connectivity index (χ1v) is 5.83. The molecule has 0 aliphatic heterocycles. The van der Waals surface area contributed by atoms with Crippen LogP contribution in [-0.2, 0) is 5.41 Å². The van der Waals surface area contributed by atoms with Crippen molar-refractivity contribution in [1.82, 2.24) is 10.2 Å². The molecule has 0 radical (unpaired) electrons. The second kappa shape index (κ2) is 3.66. The highest BCUT2D eigenvalue weighted by Gasteiger charge is 2.39. The molecule has 74 valence electrons. The molecule has 4 heteroatoms. The van der Waals surface area contributed by atoms with Crippen molar-refractivity contribution >= 4 is 11.3 Å². The number of hydrogen-bond acceptors (Lipinski definition) is 4. The average molecular weight is 207 g/mol. The van der Waals surface area contributed by atoms with Crippen LogP contribution in [0.4, 0.5) is 0 Å². The maximum atomic E-state index is 9.32. The van der Waals surface area contributed by atoms with Crippen LogP contribution in [0, 0.1) is 17.2 Å². The fourth-order valence-corrected chi connectivity index (χ4v) is 3.02. The Morgan fingerprint density at radius 2 is 2.57 bits per heavy atom. The van der Waals surface area contributed by atoms with E-state index in [0.29, 0.717) is 5.92 Å². The average Bonchev–Trinajstić information content (AvgIpc) is 2.71. The number of rotatable bonds is 1. The molecule has 1 aromatic rings. The molecule has 2 rings (SSSR count). The molecule has 14 heavy (non-hydrogen) atoms. The molecule has 2 atom stereocenters. The third-order valence-electron chi connectivity index (χ3n) is 2.98. The van der Waals surface area contributed by atoms with E-state index in [-0.39, 0.29) is 5.41 Å². The highest BCUT2D eigenvalue weighted by Crippen LogP contribution is 2.41. The summed E-state index contributed by atoms with van der Waals surface area (Å²) < 4.78 is 0. The molecule has 0 aromatic carbocycles. The van der Waals surface area contributed by atoms with Gasteiger partial charge in [0.25, 0.3) is 0 Å². The van der Waals surface area contributed by atoms with Crippen LogP contribution < -0.4 is 0 Å². The monoisotopic (exact) mass is 207 g/mol. The Bertz CT molecular complexity index is 341. The summed E-state index contributed by atoms with van der Waals surface area (Å²) in [6.07, 6.45) is 4.26.